The molecule has 108 valence electrons. The fourth-order valence-corrected chi connectivity index (χ4v) is 3.35. The van der Waals surface area contributed by atoms with E-state index < -0.39 is 0 Å². The molecular weight excluding hydrogens is 250 g/mol. The van der Waals surface area contributed by atoms with Crippen LogP contribution in [-0.2, 0) is 11.3 Å². The largest absolute Gasteiger partial charge is 0.338 e. The van der Waals surface area contributed by atoms with Crippen molar-refractivity contribution in [3.8, 4) is 0 Å². The zero-order chi connectivity index (χ0) is 13.8. The molecule has 0 saturated carbocycles. The summed E-state index contributed by atoms with van der Waals surface area (Å²) in [7, 11) is 0. The fraction of sp³-hybridized carbons (Fsp3) is 0.625. The van der Waals surface area contributed by atoms with Crippen molar-refractivity contribution < 1.29 is 4.79 Å². The molecule has 1 aromatic heterocycles. The molecule has 0 radical (unpaired) electrons. The first-order valence-electron chi connectivity index (χ1n) is 7.76. The molecular formula is C16H23N3O. The summed E-state index contributed by atoms with van der Waals surface area (Å²) in [6.45, 7) is 1.75. The van der Waals surface area contributed by atoms with Gasteiger partial charge in [-0.2, -0.15) is 5.10 Å². The zero-order valence-corrected chi connectivity index (χ0v) is 11.9. The van der Waals surface area contributed by atoms with Crippen LogP contribution in [0.5, 0.6) is 0 Å². The van der Waals surface area contributed by atoms with Gasteiger partial charge in [-0.3, -0.25) is 9.48 Å². The van der Waals surface area contributed by atoms with E-state index in [0.717, 1.165) is 38.8 Å². The van der Waals surface area contributed by atoms with Crippen LogP contribution in [-0.4, -0.2) is 33.2 Å². The number of hydrogen-bond acceptors (Lipinski definition) is 2. The van der Waals surface area contributed by atoms with E-state index in [-0.39, 0.29) is 0 Å². The molecule has 2 aliphatic rings. The number of likely N-dealkylation sites (tertiary alicyclic amines) is 1. The first kappa shape index (κ1) is 13.4. The average Bonchev–Trinajstić information content (AvgIpc) is 3.13. The molecule has 2 heterocycles. The predicted molar refractivity (Wildman–Crippen MR) is 78.1 cm³/mol. The second-order valence-corrected chi connectivity index (χ2v) is 5.93. The van der Waals surface area contributed by atoms with E-state index in [2.05, 4.69) is 22.2 Å². The van der Waals surface area contributed by atoms with Gasteiger partial charge in [0, 0.05) is 25.4 Å². The quantitative estimate of drug-likeness (QED) is 0.791. The van der Waals surface area contributed by atoms with Gasteiger partial charge in [-0.1, -0.05) is 12.2 Å². The van der Waals surface area contributed by atoms with Crippen LogP contribution >= 0.6 is 0 Å². The Hall–Kier alpha value is -1.58. The van der Waals surface area contributed by atoms with Crippen molar-refractivity contribution in [1.29, 1.82) is 0 Å². The molecule has 4 nitrogen and oxygen atoms in total. The molecule has 20 heavy (non-hydrogen) atoms. The highest BCUT2D eigenvalue weighted by Gasteiger charge is 2.28. The molecule has 1 saturated heterocycles. The smallest absolute Gasteiger partial charge is 0.223 e. The van der Waals surface area contributed by atoms with Gasteiger partial charge in [-0.25, -0.2) is 0 Å². The molecule has 3 rings (SSSR count). The Kier molecular flexibility index (Phi) is 4.19. The molecule has 0 spiro atoms. The minimum atomic E-state index is 0.321. The molecule has 1 aromatic rings. The van der Waals surface area contributed by atoms with Crippen molar-refractivity contribution in [1.82, 2.24) is 14.7 Å². The minimum Gasteiger partial charge on any atom is -0.338 e. The summed E-state index contributed by atoms with van der Waals surface area (Å²) in [5, 5.41) is 4.27. The van der Waals surface area contributed by atoms with Gasteiger partial charge in [0.25, 0.3) is 0 Å². The second kappa shape index (κ2) is 6.25. The summed E-state index contributed by atoms with van der Waals surface area (Å²) in [6.07, 6.45) is 14.6. The highest BCUT2D eigenvalue weighted by atomic mass is 16.2. The summed E-state index contributed by atoms with van der Waals surface area (Å²) < 4.78 is 1.95. The van der Waals surface area contributed by atoms with Crippen LogP contribution < -0.4 is 0 Å². The molecule has 0 aromatic carbocycles. The number of hydrogen-bond donors (Lipinski definition) is 0. The number of piperidine rings is 1. The molecule has 4 heteroatoms. The van der Waals surface area contributed by atoms with E-state index in [1.165, 1.54) is 6.42 Å². The maximum absolute atomic E-state index is 12.6. The number of aromatic nitrogens is 2. The first-order valence-corrected chi connectivity index (χ1v) is 7.76. The maximum atomic E-state index is 12.6. The van der Waals surface area contributed by atoms with Gasteiger partial charge in [0.1, 0.15) is 0 Å². The predicted octanol–water partition coefficient (Wildman–Crippen LogP) is 2.62. The molecule has 0 bridgehead atoms. The molecule has 1 amide bonds. The van der Waals surface area contributed by atoms with Crippen molar-refractivity contribution in [2.75, 3.05) is 6.54 Å². The lowest BCUT2D eigenvalue weighted by Gasteiger charge is -2.36. The Morgan fingerprint density at radius 3 is 3.00 bits per heavy atom. The Balaban J connectivity index is 1.61. The lowest BCUT2D eigenvalue weighted by molar-refractivity contribution is -0.136. The Morgan fingerprint density at radius 2 is 2.25 bits per heavy atom. The average molecular weight is 273 g/mol. The van der Waals surface area contributed by atoms with E-state index in [0.29, 0.717) is 24.3 Å². The van der Waals surface area contributed by atoms with E-state index in [4.69, 9.17) is 0 Å². The first-order chi connectivity index (χ1) is 9.83. The molecule has 1 aliphatic heterocycles. The highest BCUT2D eigenvalue weighted by molar-refractivity contribution is 5.77. The summed E-state index contributed by atoms with van der Waals surface area (Å²) in [6, 6.07) is 2.26. The summed E-state index contributed by atoms with van der Waals surface area (Å²) in [5.74, 6) is 0.799. The van der Waals surface area contributed by atoms with Crippen molar-refractivity contribution in [3.05, 3.63) is 30.6 Å². The van der Waals surface area contributed by atoms with E-state index >= 15 is 0 Å². The number of rotatable bonds is 4. The van der Waals surface area contributed by atoms with Gasteiger partial charge in [0.05, 0.1) is 12.6 Å². The Bertz CT molecular complexity index is 466. The fourth-order valence-electron chi connectivity index (χ4n) is 3.35. The van der Waals surface area contributed by atoms with Crippen LogP contribution in [0.2, 0.25) is 0 Å². The lowest BCUT2D eigenvalue weighted by atomic mass is 9.99. The van der Waals surface area contributed by atoms with Crippen LogP contribution in [0.1, 0.15) is 38.5 Å². The molecule has 1 aliphatic carbocycles. The number of amides is 1. The monoisotopic (exact) mass is 273 g/mol. The zero-order valence-electron chi connectivity index (χ0n) is 11.9. The molecule has 1 fully saturated rings. The van der Waals surface area contributed by atoms with Crippen LogP contribution in [0.25, 0.3) is 0 Å². The van der Waals surface area contributed by atoms with E-state index in [9.17, 15) is 4.79 Å². The molecule has 0 N–H and O–H groups in total. The van der Waals surface area contributed by atoms with Crippen molar-refractivity contribution in [2.24, 2.45) is 5.92 Å². The minimum absolute atomic E-state index is 0.321. The Morgan fingerprint density at radius 1 is 1.30 bits per heavy atom. The summed E-state index contributed by atoms with van der Waals surface area (Å²) in [4.78, 5) is 14.7. The van der Waals surface area contributed by atoms with Gasteiger partial charge in [0.15, 0.2) is 0 Å². The van der Waals surface area contributed by atoms with E-state index in [1.807, 2.05) is 16.9 Å². The summed E-state index contributed by atoms with van der Waals surface area (Å²) >= 11 is 0. The normalized spacial score (nSPS) is 26.1. The van der Waals surface area contributed by atoms with Gasteiger partial charge >= 0.3 is 0 Å². The van der Waals surface area contributed by atoms with Gasteiger partial charge in [-0.15, -0.1) is 0 Å². The maximum Gasteiger partial charge on any atom is 0.223 e. The third-order valence-corrected chi connectivity index (χ3v) is 4.45. The number of nitrogens with zero attached hydrogens (tertiary/aromatic N) is 3. The molecule has 2 atom stereocenters. The topological polar surface area (TPSA) is 38.1 Å². The van der Waals surface area contributed by atoms with Crippen LogP contribution in [0.4, 0.5) is 0 Å². The third-order valence-electron chi connectivity index (χ3n) is 4.45. The summed E-state index contributed by atoms with van der Waals surface area (Å²) in [5.41, 5.74) is 0. The number of allylic oxidation sites excluding steroid dienone is 2. The van der Waals surface area contributed by atoms with Gasteiger partial charge in [-0.05, 0) is 44.1 Å². The Labute approximate surface area is 120 Å². The van der Waals surface area contributed by atoms with Crippen molar-refractivity contribution in [2.45, 2.75) is 51.1 Å². The third kappa shape index (κ3) is 3.11. The van der Waals surface area contributed by atoms with Crippen LogP contribution in [0.15, 0.2) is 30.6 Å². The van der Waals surface area contributed by atoms with Crippen molar-refractivity contribution >= 4 is 5.91 Å². The van der Waals surface area contributed by atoms with Crippen LogP contribution in [0.3, 0.4) is 0 Å². The van der Waals surface area contributed by atoms with Gasteiger partial charge < -0.3 is 4.90 Å². The molecule has 2 unspecified atom stereocenters. The number of carbonyl (C=O) groups is 1. The second-order valence-electron chi connectivity index (χ2n) is 5.93. The van der Waals surface area contributed by atoms with Crippen molar-refractivity contribution in [3.63, 3.8) is 0 Å². The van der Waals surface area contributed by atoms with Crippen LogP contribution in [0, 0.1) is 5.92 Å². The number of carbonyl (C=O) groups excluding carboxylic acids is 1. The highest BCUT2D eigenvalue weighted by Crippen LogP contribution is 2.25. The van der Waals surface area contributed by atoms with E-state index in [1.54, 1.807) is 6.20 Å². The lowest BCUT2D eigenvalue weighted by Crippen LogP contribution is -2.46. The van der Waals surface area contributed by atoms with Gasteiger partial charge in [0.2, 0.25) is 5.91 Å². The standard InChI is InChI=1S/C16H23N3O/c20-16(12-14-6-1-2-7-14)19-11-4-3-8-15(19)13-18-10-5-9-17-18/h1,5-6,9-10,14-15H,2-4,7-8,11-13H2. The SMILES string of the molecule is O=C(CC1C=CCC1)N1CCCCC1Cn1cccn1.